The molecular formula is C6H10BO5. The van der Waals surface area contributed by atoms with Gasteiger partial charge in [0.2, 0.25) is 0 Å². The summed E-state index contributed by atoms with van der Waals surface area (Å²) in [4.78, 5) is 20.4. The lowest BCUT2D eigenvalue weighted by molar-refractivity contribution is 0.0778. The molecule has 0 rings (SSSR count). The fourth-order valence-corrected chi connectivity index (χ4v) is 0.439. The van der Waals surface area contributed by atoms with Gasteiger partial charge < -0.3 is 14.9 Å². The molecule has 0 fully saturated rings. The molecule has 0 spiro atoms. The summed E-state index contributed by atoms with van der Waals surface area (Å²) in [5.74, 6) is -2.30. The third kappa shape index (κ3) is 5.73. The van der Waals surface area contributed by atoms with Crippen LogP contribution in [0.15, 0.2) is 0 Å². The number of aliphatic hydroxyl groups excluding tert-OH is 1. The van der Waals surface area contributed by atoms with Gasteiger partial charge in [-0.15, -0.1) is 0 Å². The molecule has 12 heavy (non-hydrogen) atoms. The van der Waals surface area contributed by atoms with Crippen LogP contribution in [0.25, 0.3) is 0 Å². The highest BCUT2D eigenvalue weighted by Gasteiger charge is 2.14. The molecule has 67 valence electrons. The first-order valence-corrected chi connectivity index (χ1v) is 3.48. The first-order chi connectivity index (χ1) is 5.56. The first kappa shape index (κ1) is 11.0. The number of carbonyl (C=O) groups excluding carboxylic acids is 1. The summed E-state index contributed by atoms with van der Waals surface area (Å²) in [5, 5.41) is 17.0. The Kier molecular flexibility index (Phi) is 5.11. The Bertz CT molecular complexity index is 169. The zero-order chi connectivity index (χ0) is 9.56. The molecule has 0 aromatic heterocycles. The van der Waals surface area contributed by atoms with Gasteiger partial charge >= 0.3 is 7.28 Å². The molecule has 1 unspecified atom stereocenters. The van der Waals surface area contributed by atoms with E-state index in [0.717, 1.165) is 0 Å². The van der Waals surface area contributed by atoms with E-state index in [1.54, 1.807) is 6.92 Å². The molecule has 1 radical (unpaired) electrons. The number of carboxylic acid groups (broad SMARTS) is 1. The Hall–Kier alpha value is -1.04. The fourth-order valence-electron chi connectivity index (χ4n) is 0.439. The molecule has 0 bridgehead atoms. The van der Waals surface area contributed by atoms with Crippen molar-refractivity contribution in [1.29, 1.82) is 0 Å². The quantitative estimate of drug-likeness (QED) is 0.583. The van der Waals surface area contributed by atoms with Crippen molar-refractivity contribution >= 4 is 19.0 Å². The first-order valence-electron chi connectivity index (χ1n) is 3.48. The smallest absolute Gasteiger partial charge is 0.405 e. The van der Waals surface area contributed by atoms with Gasteiger partial charge in [-0.25, -0.2) is 0 Å². The van der Waals surface area contributed by atoms with Crippen LogP contribution in [0, 0.1) is 0 Å². The van der Waals surface area contributed by atoms with Crippen molar-refractivity contribution in [3.8, 4) is 0 Å². The van der Waals surface area contributed by atoms with E-state index in [1.807, 2.05) is 0 Å². The van der Waals surface area contributed by atoms with Crippen molar-refractivity contribution < 1.29 is 24.5 Å². The zero-order valence-corrected chi connectivity index (χ0v) is 6.69. The van der Waals surface area contributed by atoms with Gasteiger partial charge in [-0.1, -0.05) is 6.92 Å². The minimum atomic E-state index is -1.36. The second-order valence-electron chi connectivity index (χ2n) is 2.17. The van der Waals surface area contributed by atoms with Crippen molar-refractivity contribution in [2.45, 2.75) is 19.4 Å². The lowest BCUT2D eigenvalue weighted by Crippen LogP contribution is -2.23. The summed E-state index contributed by atoms with van der Waals surface area (Å²) in [6.45, 7) is 1.55. The molecule has 6 heteroatoms. The second kappa shape index (κ2) is 5.59. The van der Waals surface area contributed by atoms with Crippen molar-refractivity contribution in [2.75, 3.05) is 6.61 Å². The molecule has 0 aromatic carbocycles. The van der Waals surface area contributed by atoms with Crippen molar-refractivity contribution in [1.82, 2.24) is 0 Å². The van der Waals surface area contributed by atoms with Crippen LogP contribution in [0.4, 0.5) is 9.59 Å². The topological polar surface area (TPSA) is 83.8 Å². The SMILES string of the molecule is CCC(O)COC(=O)[B]C(=O)O. The summed E-state index contributed by atoms with van der Waals surface area (Å²) in [5.41, 5.74) is 0. The Morgan fingerprint density at radius 2 is 2.17 bits per heavy atom. The Morgan fingerprint density at radius 3 is 2.58 bits per heavy atom. The fraction of sp³-hybridized carbons (Fsp3) is 0.667. The van der Waals surface area contributed by atoms with Gasteiger partial charge in [0, 0.05) is 0 Å². The Labute approximate surface area is 70.6 Å². The predicted molar refractivity (Wildman–Crippen MR) is 41.4 cm³/mol. The largest absolute Gasteiger partial charge is 0.489 e. The molecule has 0 heterocycles. The molecular weight excluding hydrogens is 163 g/mol. The normalized spacial score (nSPS) is 11.8. The van der Waals surface area contributed by atoms with E-state index in [4.69, 9.17) is 10.2 Å². The van der Waals surface area contributed by atoms with Crippen LogP contribution in [0.3, 0.4) is 0 Å². The zero-order valence-electron chi connectivity index (χ0n) is 6.69. The van der Waals surface area contributed by atoms with Crippen LogP contribution < -0.4 is 0 Å². The number of aliphatic hydroxyl groups is 1. The third-order valence-electron chi connectivity index (χ3n) is 1.13. The van der Waals surface area contributed by atoms with Crippen LogP contribution in [0.5, 0.6) is 0 Å². The molecule has 0 saturated heterocycles. The molecule has 0 aliphatic heterocycles. The van der Waals surface area contributed by atoms with Crippen LogP contribution >= 0.6 is 0 Å². The van der Waals surface area contributed by atoms with E-state index in [1.165, 1.54) is 0 Å². The van der Waals surface area contributed by atoms with E-state index < -0.39 is 17.8 Å². The monoisotopic (exact) mass is 173 g/mol. The predicted octanol–water partition coefficient (Wildman–Crippen LogP) is 0.276. The maximum atomic E-state index is 10.5. The van der Waals surface area contributed by atoms with Gasteiger partial charge in [-0.3, -0.25) is 9.59 Å². The maximum absolute atomic E-state index is 10.5. The van der Waals surface area contributed by atoms with Crippen molar-refractivity contribution in [3.05, 3.63) is 0 Å². The lowest BCUT2D eigenvalue weighted by Gasteiger charge is -2.07. The number of hydrogen-bond donors (Lipinski definition) is 2. The minimum absolute atomic E-state index is 0.168. The van der Waals surface area contributed by atoms with E-state index in [9.17, 15) is 9.59 Å². The van der Waals surface area contributed by atoms with Gasteiger partial charge in [-0.05, 0) is 6.42 Å². The van der Waals surface area contributed by atoms with Gasteiger partial charge in [0.05, 0.1) is 6.10 Å². The lowest BCUT2D eigenvalue weighted by atomic mass is 9.79. The van der Waals surface area contributed by atoms with E-state index in [0.29, 0.717) is 13.7 Å². The minimum Gasteiger partial charge on any atom is -0.489 e. The summed E-state index contributed by atoms with van der Waals surface area (Å²) in [7, 11) is 0.405. The summed E-state index contributed by atoms with van der Waals surface area (Å²) >= 11 is 0. The molecule has 0 aliphatic carbocycles. The highest BCUT2D eigenvalue weighted by Crippen LogP contribution is 1.91. The maximum Gasteiger partial charge on any atom is 0.405 e. The van der Waals surface area contributed by atoms with Gasteiger partial charge in [-0.2, -0.15) is 0 Å². The van der Waals surface area contributed by atoms with Crippen LogP contribution in [0.2, 0.25) is 0 Å². The summed E-state index contributed by atoms with van der Waals surface area (Å²) in [6, 6.07) is 0. The average Bonchev–Trinajstić information content (AvgIpc) is 1.99. The van der Waals surface area contributed by atoms with Crippen LogP contribution in [0.1, 0.15) is 13.3 Å². The van der Waals surface area contributed by atoms with Crippen molar-refractivity contribution in [2.24, 2.45) is 0 Å². The van der Waals surface area contributed by atoms with E-state index >= 15 is 0 Å². The number of ether oxygens (including phenoxy) is 1. The molecule has 1 atom stereocenters. The van der Waals surface area contributed by atoms with Gasteiger partial charge in [0.1, 0.15) is 6.61 Å². The summed E-state index contributed by atoms with van der Waals surface area (Å²) in [6.07, 6.45) is -0.267. The Balaban J connectivity index is 3.50. The molecule has 2 N–H and O–H groups in total. The third-order valence-corrected chi connectivity index (χ3v) is 1.13. The molecule has 5 nitrogen and oxygen atoms in total. The van der Waals surface area contributed by atoms with E-state index in [-0.39, 0.29) is 6.61 Å². The standard InChI is InChI=1S/C6H10BO5/c1-2-4(8)3-12-6(11)7-5(9)10/h4,8H,2-3H2,1H3,(H,9,10). The number of carbonyl (C=O) groups is 2. The summed E-state index contributed by atoms with van der Waals surface area (Å²) < 4.78 is 4.38. The van der Waals surface area contributed by atoms with Gasteiger partial charge in [0.25, 0.3) is 11.7 Å². The van der Waals surface area contributed by atoms with Crippen LogP contribution in [-0.4, -0.2) is 41.9 Å². The average molecular weight is 173 g/mol. The van der Waals surface area contributed by atoms with Crippen molar-refractivity contribution in [3.63, 3.8) is 0 Å². The van der Waals surface area contributed by atoms with Crippen LogP contribution in [-0.2, 0) is 4.74 Å². The second-order valence-corrected chi connectivity index (χ2v) is 2.17. The van der Waals surface area contributed by atoms with Gasteiger partial charge in [0.15, 0.2) is 0 Å². The highest BCUT2D eigenvalue weighted by atomic mass is 16.5. The highest BCUT2D eigenvalue weighted by molar-refractivity contribution is 6.94. The molecule has 0 aliphatic rings. The Morgan fingerprint density at radius 1 is 1.58 bits per heavy atom. The molecule has 0 aromatic rings. The number of hydrogen-bond acceptors (Lipinski definition) is 4. The van der Waals surface area contributed by atoms with E-state index in [2.05, 4.69) is 4.74 Å². The molecule has 0 saturated carbocycles. The molecule has 0 amide bonds. The number of rotatable bonds is 5.